The normalized spacial score (nSPS) is 12.4. The Morgan fingerprint density at radius 1 is 1.16 bits per heavy atom. The lowest BCUT2D eigenvalue weighted by molar-refractivity contribution is -0.141. The Bertz CT molecular complexity index is 1110. The summed E-state index contributed by atoms with van der Waals surface area (Å²) < 4.78 is 39.3. The summed E-state index contributed by atoms with van der Waals surface area (Å²) in [6.07, 6.45) is -3.84. The largest absolute Gasteiger partial charge is 0.480 e. The first-order valence-electron chi connectivity index (χ1n) is 9.23. The van der Waals surface area contributed by atoms with Gasteiger partial charge in [-0.05, 0) is 30.2 Å². The van der Waals surface area contributed by atoms with Gasteiger partial charge in [0.1, 0.15) is 6.04 Å². The van der Waals surface area contributed by atoms with E-state index in [-0.39, 0.29) is 29.4 Å². The number of aromatic nitrogens is 3. The van der Waals surface area contributed by atoms with Gasteiger partial charge < -0.3 is 10.4 Å². The summed E-state index contributed by atoms with van der Waals surface area (Å²) in [4.78, 5) is 23.9. The predicted molar refractivity (Wildman–Crippen MR) is 110 cm³/mol. The Morgan fingerprint density at radius 3 is 2.50 bits per heavy atom. The molecule has 0 fully saturated rings. The van der Waals surface area contributed by atoms with E-state index < -0.39 is 29.8 Å². The number of amides is 1. The quantitative estimate of drug-likeness (QED) is 0.469. The summed E-state index contributed by atoms with van der Waals surface area (Å²) in [6.45, 7) is -0.360. The number of benzene rings is 2. The van der Waals surface area contributed by atoms with E-state index >= 15 is 0 Å². The fourth-order valence-corrected chi connectivity index (χ4v) is 3.00. The number of alkyl halides is 3. The average Bonchev–Trinajstić information content (AvgIpc) is 3.22. The van der Waals surface area contributed by atoms with Gasteiger partial charge in [-0.15, -0.1) is 5.10 Å². The van der Waals surface area contributed by atoms with Crippen LogP contribution in [0.1, 0.15) is 11.3 Å². The van der Waals surface area contributed by atoms with Gasteiger partial charge in [0.15, 0.2) is 5.69 Å². The minimum Gasteiger partial charge on any atom is -0.480 e. The van der Waals surface area contributed by atoms with E-state index in [1.54, 1.807) is 30.3 Å². The fourth-order valence-electron chi connectivity index (χ4n) is 2.83. The lowest BCUT2D eigenvalue weighted by Crippen LogP contribution is -2.42. The number of carboxylic acids is 1. The molecule has 0 aliphatic rings. The first kappa shape index (κ1) is 23.2. The Balaban J connectivity index is 1.71. The smallest absolute Gasteiger partial charge is 0.436 e. The van der Waals surface area contributed by atoms with Crippen LogP contribution in [0, 0.1) is 0 Å². The number of hydrogen-bond donors (Lipinski definition) is 3. The molecule has 1 aromatic heterocycles. The number of rotatable bonds is 8. The molecule has 1 amide bonds. The van der Waals surface area contributed by atoms with Gasteiger partial charge in [-0.2, -0.15) is 13.2 Å². The van der Waals surface area contributed by atoms with Crippen molar-refractivity contribution in [2.45, 2.75) is 18.6 Å². The minimum absolute atomic E-state index is 0.0814. The number of hydrogen-bond acceptors (Lipinski definition) is 5. The zero-order valence-corrected chi connectivity index (χ0v) is 17.1. The molecule has 1 atom stereocenters. The van der Waals surface area contributed by atoms with Crippen LogP contribution >= 0.6 is 11.6 Å². The summed E-state index contributed by atoms with van der Waals surface area (Å²) in [7, 11) is 0. The molecule has 12 heteroatoms. The number of nitrogens with zero attached hydrogens (tertiary/aromatic N) is 3. The van der Waals surface area contributed by atoms with Gasteiger partial charge in [0.05, 0.1) is 24.1 Å². The molecule has 0 saturated heterocycles. The molecule has 0 saturated carbocycles. The van der Waals surface area contributed by atoms with Gasteiger partial charge in [-0.25, -0.2) is 4.68 Å². The molecule has 0 aliphatic carbocycles. The molecule has 3 N–H and O–H groups in total. The van der Waals surface area contributed by atoms with Crippen molar-refractivity contribution in [3.63, 3.8) is 0 Å². The van der Waals surface area contributed by atoms with E-state index in [9.17, 15) is 27.9 Å². The molecule has 32 heavy (non-hydrogen) atoms. The first-order chi connectivity index (χ1) is 15.1. The highest BCUT2D eigenvalue weighted by Gasteiger charge is 2.34. The minimum atomic E-state index is -4.68. The second-order valence-corrected chi connectivity index (χ2v) is 7.15. The van der Waals surface area contributed by atoms with Crippen molar-refractivity contribution in [3.8, 4) is 5.69 Å². The molecule has 1 unspecified atom stereocenters. The lowest BCUT2D eigenvalue weighted by Gasteiger charge is -2.15. The van der Waals surface area contributed by atoms with Crippen molar-refractivity contribution in [3.05, 3.63) is 71.0 Å². The maximum absolute atomic E-state index is 12.8. The average molecular weight is 468 g/mol. The van der Waals surface area contributed by atoms with Crippen molar-refractivity contribution in [1.82, 2.24) is 20.3 Å². The predicted octanol–water partition coefficient (Wildman–Crippen LogP) is 3.16. The van der Waals surface area contributed by atoms with Gasteiger partial charge in [0.25, 0.3) is 0 Å². The molecule has 3 rings (SSSR count). The van der Waals surface area contributed by atoms with Crippen LogP contribution in [0.15, 0.2) is 54.7 Å². The van der Waals surface area contributed by atoms with Gasteiger partial charge in [-0.3, -0.25) is 14.9 Å². The van der Waals surface area contributed by atoms with Crippen molar-refractivity contribution in [2.24, 2.45) is 0 Å². The van der Waals surface area contributed by atoms with Gasteiger partial charge in [0.2, 0.25) is 5.91 Å². The van der Waals surface area contributed by atoms with Crippen molar-refractivity contribution >= 4 is 29.2 Å². The second kappa shape index (κ2) is 9.79. The molecule has 0 aliphatic heterocycles. The number of halogens is 4. The molecule has 168 valence electrons. The maximum atomic E-state index is 12.8. The van der Waals surface area contributed by atoms with Crippen LogP contribution in [0.4, 0.5) is 18.9 Å². The van der Waals surface area contributed by atoms with Crippen molar-refractivity contribution in [2.75, 3.05) is 11.9 Å². The van der Waals surface area contributed by atoms with E-state index in [4.69, 9.17) is 11.6 Å². The van der Waals surface area contributed by atoms with Crippen LogP contribution in [0.2, 0.25) is 5.02 Å². The van der Waals surface area contributed by atoms with E-state index in [2.05, 4.69) is 20.9 Å². The topological polar surface area (TPSA) is 109 Å². The maximum Gasteiger partial charge on any atom is 0.436 e. The first-order valence-corrected chi connectivity index (χ1v) is 9.60. The fraction of sp³-hybridized carbons (Fsp3) is 0.200. The molecule has 3 aromatic rings. The molecule has 2 aromatic carbocycles. The van der Waals surface area contributed by atoms with Crippen LogP contribution < -0.4 is 10.6 Å². The number of carbonyl (C=O) groups is 2. The third kappa shape index (κ3) is 6.05. The Labute approximate surface area is 185 Å². The summed E-state index contributed by atoms with van der Waals surface area (Å²) in [6, 6.07) is 12.0. The molecule has 0 bridgehead atoms. The summed E-state index contributed by atoms with van der Waals surface area (Å²) >= 11 is 5.95. The molecule has 0 spiro atoms. The number of carboxylic acid groups (broad SMARTS) is 1. The van der Waals surface area contributed by atoms with E-state index in [0.717, 1.165) is 10.2 Å². The zero-order chi connectivity index (χ0) is 23.3. The zero-order valence-electron chi connectivity index (χ0n) is 16.3. The number of nitrogens with one attached hydrogen (secondary N) is 2. The molecular formula is C20H17ClF3N5O3. The Hall–Kier alpha value is -3.44. The van der Waals surface area contributed by atoms with Crippen LogP contribution in [0.5, 0.6) is 0 Å². The lowest BCUT2D eigenvalue weighted by atomic mass is 10.1. The van der Waals surface area contributed by atoms with Crippen LogP contribution in [0.25, 0.3) is 5.69 Å². The standard InChI is InChI=1S/C20H17ClF3N5O3/c21-13-6-7-16(29-11-17(27-28-29)20(22,23)24)14(9-13)26-18(30)10-25-15(19(31)32)8-12-4-2-1-3-5-12/h1-7,9,11,15,25H,8,10H2,(H,26,30)(H,31,32). The summed E-state index contributed by atoms with van der Waals surface area (Å²) in [5.41, 5.74) is -0.240. The summed E-state index contributed by atoms with van der Waals surface area (Å²) in [5.74, 6) is -1.75. The van der Waals surface area contributed by atoms with Gasteiger partial charge in [-0.1, -0.05) is 47.1 Å². The van der Waals surface area contributed by atoms with E-state index in [1.165, 1.54) is 18.2 Å². The van der Waals surface area contributed by atoms with Crippen molar-refractivity contribution in [1.29, 1.82) is 0 Å². The van der Waals surface area contributed by atoms with Crippen LogP contribution in [-0.2, 0) is 22.2 Å². The van der Waals surface area contributed by atoms with Crippen LogP contribution in [-0.4, -0.2) is 44.6 Å². The highest BCUT2D eigenvalue weighted by Crippen LogP contribution is 2.29. The third-order valence-electron chi connectivity index (χ3n) is 4.35. The third-order valence-corrected chi connectivity index (χ3v) is 4.59. The highest BCUT2D eigenvalue weighted by atomic mass is 35.5. The van der Waals surface area contributed by atoms with E-state index in [0.29, 0.717) is 6.20 Å². The highest BCUT2D eigenvalue weighted by molar-refractivity contribution is 6.31. The number of carbonyl (C=O) groups excluding carboxylic acids is 1. The molecular weight excluding hydrogens is 451 g/mol. The molecule has 8 nitrogen and oxygen atoms in total. The summed E-state index contributed by atoms with van der Waals surface area (Å²) in [5, 5.41) is 21.3. The van der Waals surface area contributed by atoms with Crippen LogP contribution in [0.3, 0.4) is 0 Å². The van der Waals surface area contributed by atoms with E-state index in [1.807, 2.05) is 0 Å². The van der Waals surface area contributed by atoms with Gasteiger partial charge in [0, 0.05) is 5.02 Å². The monoisotopic (exact) mass is 467 g/mol. The Kier molecular flexibility index (Phi) is 7.11. The molecule has 0 radical (unpaired) electrons. The second-order valence-electron chi connectivity index (χ2n) is 6.72. The van der Waals surface area contributed by atoms with Crippen molar-refractivity contribution < 1.29 is 27.9 Å². The molecule has 1 heterocycles. The number of aliphatic carboxylic acids is 1. The number of anilines is 1. The van der Waals surface area contributed by atoms with Gasteiger partial charge >= 0.3 is 12.1 Å². The SMILES string of the molecule is O=C(CNC(Cc1ccccc1)C(=O)O)Nc1cc(Cl)ccc1-n1cc(C(F)(F)F)nn1. The Morgan fingerprint density at radius 2 is 1.88 bits per heavy atom.